The van der Waals surface area contributed by atoms with Crippen molar-refractivity contribution in [3.05, 3.63) is 35.1 Å². The van der Waals surface area contributed by atoms with Crippen LogP contribution >= 0.6 is 0 Å². The molecule has 7 heteroatoms. The number of aliphatic carboxylic acids is 1. The van der Waals surface area contributed by atoms with E-state index in [0.717, 1.165) is 0 Å². The summed E-state index contributed by atoms with van der Waals surface area (Å²) < 4.78 is 38.1. The molecule has 0 saturated carbocycles. The lowest BCUT2D eigenvalue weighted by Gasteiger charge is -2.04. The zero-order valence-electron chi connectivity index (χ0n) is 8.47. The van der Waals surface area contributed by atoms with Crippen molar-refractivity contribution >= 4 is 11.9 Å². The number of carboxylic acid groups (broad SMARTS) is 1. The summed E-state index contributed by atoms with van der Waals surface area (Å²) in [5.41, 5.74) is -0.410. The van der Waals surface area contributed by atoms with Gasteiger partial charge in [0.2, 0.25) is 0 Å². The van der Waals surface area contributed by atoms with E-state index in [-0.39, 0.29) is 13.0 Å². The van der Waals surface area contributed by atoms with E-state index in [0.29, 0.717) is 12.1 Å². The van der Waals surface area contributed by atoms with Gasteiger partial charge in [0.05, 0.1) is 6.42 Å². The van der Waals surface area contributed by atoms with Crippen molar-refractivity contribution in [2.75, 3.05) is 6.54 Å². The standard InChI is InChI=1S/C10H8F3NO3/c11-6-3-5(4-7(12)9(6)13)10(17)14-2-1-8(15)16/h3-4H,1-2H2,(H,14,17)(H,15,16). The molecule has 0 fully saturated rings. The van der Waals surface area contributed by atoms with E-state index in [1.54, 1.807) is 0 Å². The van der Waals surface area contributed by atoms with Crippen LogP contribution in [-0.4, -0.2) is 23.5 Å². The SMILES string of the molecule is O=C(O)CCNC(=O)c1cc(F)c(F)c(F)c1. The molecule has 1 aromatic rings. The number of halogens is 3. The van der Waals surface area contributed by atoms with E-state index in [1.807, 2.05) is 0 Å². The van der Waals surface area contributed by atoms with Gasteiger partial charge in [0.15, 0.2) is 17.5 Å². The number of nitrogens with one attached hydrogen (secondary N) is 1. The molecule has 0 bridgehead atoms. The smallest absolute Gasteiger partial charge is 0.305 e. The van der Waals surface area contributed by atoms with Gasteiger partial charge in [-0.15, -0.1) is 0 Å². The minimum Gasteiger partial charge on any atom is -0.481 e. The third-order valence-electron chi connectivity index (χ3n) is 1.87. The molecule has 0 aliphatic rings. The molecule has 1 amide bonds. The van der Waals surface area contributed by atoms with Crippen LogP contribution in [0.25, 0.3) is 0 Å². The van der Waals surface area contributed by atoms with Crippen LogP contribution in [0.3, 0.4) is 0 Å². The van der Waals surface area contributed by atoms with Crippen LogP contribution in [0.2, 0.25) is 0 Å². The summed E-state index contributed by atoms with van der Waals surface area (Å²) in [5.74, 6) is -6.61. The van der Waals surface area contributed by atoms with Crippen LogP contribution in [0.5, 0.6) is 0 Å². The molecule has 0 spiro atoms. The fourth-order valence-corrected chi connectivity index (χ4v) is 1.07. The first-order valence-electron chi connectivity index (χ1n) is 4.56. The van der Waals surface area contributed by atoms with Gasteiger partial charge >= 0.3 is 5.97 Å². The van der Waals surface area contributed by atoms with Gasteiger partial charge in [-0.3, -0.25) is 9.59 Å². The molecule has 1 rings (SSSR count). The predicted molar refractivity (Wildman–Crippen MR) is 50.9 cm³/mol. The lowest BCUT2D eigenvalue weighted by Crippen LogP contribution is -2.26. The number of benzene rings is 1. The second-order valence-corrected chi connectivity index (χ2v) is 3.15. The first-order chi connectivity index (χ1) is 7.91. The fourth-order valence-electron chi connectivity index (χ4n) is 1.07. The molecule has 0 radical (unpaired) electrons. The Bertz CT molecular complexity index is 439. The molecular formula is C10H8F3NO3. The number of amides is 1. The summed E-state index contributed by atoms with van der Waals surface area (Å²) in [7, 11) is 0. The maximum atomic E-state index is 12.8. The number of rotatable bonds is 4. The van der Waals surface area contributed by atoms with Crippen molar-refractivity contribution < 1.29 is 27.9 Å². The molecule has 0 unspecified atom stereocenters. The van der Waals surface area contributed by atoms with E-state index in [9.17, 15) is 22.8 Å². The van der Waals surface area contributed by atoms with Gasteiger partial charge in [0, 0.05) is 12.1 Å². The Morgan fingerprint density at radius 3 is 2.18 bits per heavy atom. The number of carboxylic acids is 1. The highest BCUT2D eigenvalue weighted by molar-refractivity contribution is 5.94. The molecule has 0 saturated heterocycles. The molecule has 4 nitrogen and oxygen atoms in total. The van der Waals surface area contributed by atoms with Crippen molar-refractivity contribution in [2.24, 2.45) is 0 Å². The minimum absolute atomic E-state index is 0.186. The van der Waals surface area contributed by atoms with Gasteiger partial charge in [-0.25, -0.2) is 13.2 Å². The first-order valence-corrected chi connectivity index (χ1v) is 4.56. The zero-order valence-corrected chi connectivity index (χ0v) is 8.47. The van der Waals surface area contributed by atoms with Crippen molar-refractivity contribution in [3.63, 3.8) is 0 Å². The molecule has 0 aromatic heterocycles. The maximum Gasteiger partial charge on any atom is 0.305 e. The zero-order chi connectivity index (χ0) is 13.0. The Kier molecular flexibility index (Phi) is 4.08. The third-order valence-corrected chi connectivity index (χ3v) is 1.87. The molecule has 2 N–H and O–H groups in total. The summed E-state index contributed by atoms with van der Waals surface area (Å²) in [6, 6.07) is 1.07. The van der Waals surface area contributed by atoms with E-state index in [2.05, 4.69) is 5.32 Å². The summed E-state index contributed by atoms with van der Waals surface area (Å²) >= 11 is 0. The van der Waals surface area contributed by atoms with Gasteiger partial charge < -0.3 is 10.4 Å². The van der Waals surface area contributed by atoms with Crippen LogP contribution in [0.4, 0.5) is 13.2 Å². The normalized spacial score (nSPS) is 10.1. The first kappa shape index (κ1) is 13.0. The molecule has 1 aromatic carbocycles. The Morgan fingerprint density at radius 2 is 1.71 bits per heavy atom. The van der Waals surface area contributed by atoms with E-state index in [1.165, 1.54) is 0 Å². The van der Waals surface area contributed by atoms with Crippen molar-refractivity contribution in [1.82, 2.24) is 5.32 Å². The Balaban J connectivity index is 2.73. The topological polar surface area (TPSA) is 66.4 Å². The second kappa shape index (κ2) is 5.33. The van der Waals surface area contributed by atoms with Crippen molar-refractivity contribution in [3.8, 4) is 0 Å². The quantitative estimate of drug-likeness (QED) is 0.788. The second-order valence-electron chi connectivity index (χ2n) is 3.15. The monoisotopic (exact) mass is 247 g/mol. The largest absolute Gasteiger partial charge is 0.481 e. The number of hydrogen-bond donors (Lipinski definition) is 2. The highest BCUT2D eigenvalue weighted by atomic mass is 19.2. The summed E-state index contributed by atoms with van der Waals surface area (Å²) in [4.78, 5) is 21.4. The Morgan fingerprint density at radius 1 is 1.18 bits per heavy atom. The van der Waals surface area contributed by atoms with Crippen LogP contribution in [0, 0.1) is 17.5 Å². The highest BCUT2D eigenvalue weighted by Gasteiger charge is 2.14. The number of carbonyl (C=O) groups excluding carboxylic acids is 1. The Labute approximate surface area is 94.1 Å². The van der Waals surface area contributed by atoms with Crippen LogP contribution in [0.15, 0.2) is 12.1 Å². The van der Waals surface area contributed by atoms with Crippen molar-refractivity contribution in [2.45, 2.75) is 6.42 Å². The summed E-state index contributed by atoms with van der Waals surface area (Å²) in [6.07, 6.45) is -0.322. The summed E-state index contributed by atoms with van der Waals surface area (Å²) in [6.45, 7) is -0.186. The van der Waals surface area contributed by atoms with E-state index in [4.69, 9.17) is 5.11 Å². The van der Waals surface area contributed by atoms with Crippen LogP contribution in [-0.2, 0) is 4.79 Å². The molecule has 0 atom stereocenters. The van der Waals surface area contributed by atoms with Gasteiger partial charge in [0.1, 0.15) is 0 Å². The molecule has 0 aliphatic heterocycles. The minimum atomic E-state index is -1.66. The molecular weight excluding hydrogens is 239 g/mol. The van der Waals surface area contributed by atoms with Gasteiger partial charge in [-0.05, 0) is 12.1 Å². The average Bonchev–Trinajstić information content (AvgIpc) is 2.24. The van der Waals surface area contributed by atoms with E-state index < -0.39 is 34.9 Å². The lowest BCUT2D eigenvalue weighted by atomic mass is 10.2. The maximum absolute atomic E-state index is 12.8. The number of hydrogen-bond acceptors (Lipinski definition) is 2. The average molecular weight is 247 g/mol. The van der Waals surface area contributed by atoms with Gasteiger partial charge in [0.25, 0.3) is 5.91 Å². The predicted octanol–water partition coefficient (Wildman–Crippen LogP) is 1.31. The molecule has 0 aliphatic carbocycles. The fraction of sp³-hybridized carbons (Fsp3) is 0.200. The van der Waals surface area contributed by atoms with Gasteiger partial charge in [-0.2, -0.15) is 0 Å². The van der Waals surface area contributed by atoms with Gasteiger partial charge in [-0.1, -0.05) is 0 Å². The van der Waals surface area contributed by atoms with E-state index >= 15 is 0 Å². The summed E-state index contributed by atoms with van der Waals surface area (Å²) in [5, 5.41) is 10.4. The lowest BCUT2D eigenvalue weighted by molar-refractivity contribution is -0.136. The Hall–Kier alpha value is -2.05. The molecule has 92 valence electrons. The highest BCUT2D eigenvalue weighted by Crippen LogP contribution is 2.13. The van der Waals surface area contributed by atoms with Crippen LogP contribution in [0.1, 0.15) is 16.8 Å². The van der Waals surface area contributed by atoms with Crippen LogP contribution < -0.4 is 5.32 Å². The molecule has 0 heterocycles. The third kappa shape index (κ3) is 3.47. The number of carbonyl (C=O) groups is 2. The molecule has 17 heavy (non-hydrogen) atoms. The van der Waals surface area contributed by atoms with Crippen molar-refractivity contribution in [1.29, 1.82) is 0 Å².